The second-order valence-corrected chi connectivity index (χ2v) is 8.28. The van der Waals surface area contributed by atoms with E-state index in [1.807, 2.05) is 13.8 Å². The van der Waals surface area contributed by atoms with Crippen molar-refractivity contribution in [2.75, 3.05) is 20.1 Å². The largest absolute Gasteiger partial charge is 0.330 e. The van der Waals surface area contributed by atoms with E-state index in [2.05, 4.69) is 0 Å². The first kappa shape index (κ1) is 21.8. The van der Waals surface area contributed by atoms with Crippen molar-refractivity contribution in [3.63, 3.8) is 0 Å². The number of benzene rings is 1. The zero-order chi connectivity index (χ0) is 17.3. The molecule has 0 saturated heterocycles. The highest BCUT2D eigenvalue weighted by molar-refractivity contribution is 7.89. The predicted octanol–water partition coefficient (Wildman–Crippen LogP) is 2.24. The van der Waals surface area contributed by atoms with Crippen molar-refractivity contribution in [3.8, 4) is 0 Å². The van der Waals surface area contributed by atoms with Gasteiger partial charge in [0.15, 0.2) is 0 Å². The number of sulfonamides is 1. The minimum Gasteiger partial charge on any atom is -0.330 e. The molecule has 1 aromatic carbocycles. The van der Waals surface area contributed by atoms with Crippen LogP contribution in [-0.4, -0.2) is 37.8 Å². The average molecular weight is 366 g/mol. The lowest BCUT2D eigenvalue weighted by atomic mass is 9.94. The molecule has 0 bridgehead atoms. The van der Waals surface area contributed by atoms with Crippen molar-refractivity contribution < 1.29 is 13.3 Å². The van der Waals surface area contributed by atoms with Gasteiger partial charge in [-0.3, -0.25) is 10.1 Å². The average Bonchev–Trinajstić information content (AvgIpc) is 2.36. The van der Waals surface area contributed by atoms with E-state index in [4.69, 9.17) is 5.73 Å². The molecule has 0 spiro atoms. The van der Waals surface area contributed by atoms with Gasteiger partial charge < -0.3 is 5.73 Å². The van der Waals surface area contributed by atoms with Crippen LogP contribution in [0.5, 0.6) is 0 Å². The number of non-ortho nitro benzene ring substituents is 1. The second-order valence-electron chi connectivity index (χ2n) is 6.30. The first-order chi connectivity index (χ1) is 9.92. The fourth-order valence-electron chi connectivity index (χ4n) is 2.35. The monoisotopic (exact) mass is 365 g/mol. The van der Waals surface area contributed by atoms with Crippen molar-refractivity contribution in [1.82, 2.24) is 4.31 Å². The van der Waals surface area contributed by atoms with Crippen molar-refractivity contribution in [1.29, 1.82) is 0 Å². The molecular weight excluding hydrogens is 342 g/mol. The molecule has 0 amide bonds. The molecule has 0 saturated carbocycles. The van der Waals surface area contributed by atoms with Crippen molar-refractivity contribution in [2.45, 2.75) is 32.6 Å². The molecule has 0 aromatic heterocycles. The number of nitro groups is 1. The Hall–Kier alpha value is -1.22. The molecule has 0 fully saturated rings. The van der Waals surface area contributed by atoms with Crippen molar-refractivity contribution in [3.05, 3.63) is 33.4 Å². The van der Waals surface area contributed by atoms with Crippen molar-refractivity contribution in [2.24, 2.45) is 11.1 Å². The molecule has 23 heavy (non-hydrogen) atoms. The third kappa shape index (κ3) is 4.87. The minimum atomic E-state index is -3.73. The lowest BCUT2D eigenvalue weighted by Gasteiger charge is -2.29. The second kappa shape index (κ2) is 7.57. The molecule has 0 aliphatic rings. The van der Waals surface area contributed by atoms with Gasteiger partial charge in [-0.25, -0.2) is 12.7 Å². The number of hydrogen-bond acceptors (Lipinski definition) is 5. The Morgan fingerprint density at radius 1 is 1.26 bits per heavy atom. The van der Waals surface area contributed by atoms with Gasteiger partial charge in [-0.2, -0.15) is 0 Å². The Balaban J connectivity index is 0.00000484. The first-order valence-corrected chi connectivity index (χ1v) is 8.28. The zero-order valence-corrected chi connectivity index (χ0v) is 15.6. The van der Waals surface area contributed by atoms with Gasteiger partial charge in [0, 0.05) is 25.7 Å². The Bertz CT molecular complexity index is 666. The summed E-state index contributed by atoms with van der Waals surface area (Å²) in [7, 11) is -2.24. The Kier molecular flexibility index (Phi) is 7.16. The molecule has 2 N–H and O–H groups in total. The van der Waals surface area contributed by atoms with E-state index >= 15 is 0 Å². The SMILES string of the molecule is Cc1cc([N+](=O)[O-])cc(C)c1S(=O)(=O)N(C)CC(C)(C)CN.Cl. The summed E-state index contributed by atoms with van der Waals surface area (Å²) in [6, 6.07) is 2.56. The van der Waals surface area contributed by atoms with E-state index in [1.54, 1.807) is 13.8 Å². The normalized spacial score (nSPS) is 12.1. The fraction of sp³-hybridized carbons (Fsp3) is 0.571. The maximum absolute atomic E-state index is 12.8. The maximum Gasteiger partial charge on any atom is 0.270 e. The molecule has 0 aliphatic heterocycles. The lowest BCUT2D eigenvalue weighted by Crippen LogP contribution is -2.40. The lowest BCUT2D eigenvalue weighted by molar-refractivity contribution is -0.385. The Morgan fingerprint density at radius 2 is 1.70 bits per heavy atom. The smallest absolute Gasteiger partial charge is 0.270 e. The molecule has 0 atom stereocenters. The summed E-state index contributed by atoms with van der Waals surface area (Å²) in [6.07, 6.45) is 0. The molecule has 132 valence electrons. The quantitative estimate of drug-likeness (QED) is 0.614. The number of nitrogens with zero attached hydrogens (tertiary/aromatic N) is 2. The third-order valence-corrected chi connectivity index (χ3v) is 5.64. The maximum atomic E-state index is 12.8. The summed E-state index contributed by atoms with van der Waals surface area (Å²) in [5, 5.41) is 10.9. The number of nitro benzene ring substituents is 1. The van der Waals surface area contributed by atoms with E-state index in [-0.39, 0.29) is 34.9 Å². The van der Waals surface area contributed by atoms with E-state index in [0.717, 1.165) is 0 Å². The van der Waals surface area contributed by atoms with Gasteiger partial charge in [-0.1, -0.05) is 13.8 Å². The van der Waals surface area contributed by atoms with E-state index in [9.17, 15) is 18.5 Å². The standard InChI is InChI=1S/C14H23N3O4S.ClH/c1-10-6-12(17(18)19)7-11(2)13(10)22(20,21)16(5)9-14(3,4)8-15;/h6-7H,8-9,15H2,1-5H3;1H. The Morgan fingerprint density at radius 3 is 2.04 bits per heavy atom. The number of hydrogen-bond donors (Lipinski definition) is 1. The van der Waals surface area contributed by atoms with Crippen LogP contribution in [0.4, 0.5) is 5.69 Å². The van der Waals surface area contributed by atoms with Crippen LogP contribution in [-0.2, 0) is 10.0 Å². The van der Waals surface area contributed by atoms with Crippen LogP contribution in [0.1, 0.15) is 25.0 Å². The van der Waals surface area contributed by atoms with Gasteiger partial charge in [0.2, 0.25) is 10.0 Å². The van der Waals surface area contributed by atoms with Crippen LogP contribution in [0.25, 0.3) is 0 Å². The molecule has 7 nitrogen and oxygen atoms in total. The van der Waals surface area contributed by atoms with E-state index < -0.39 is 14.9 Å². The van der Waals surface area contributed by atoms with Crippen LogP contribution < -0.4 is 5.73 Å². The number of nitrogens with two attached hydrogens (primary N) is 1. The van der Waals surface area contributed by atoms with E-state index in [0.29, 0.717) is 17.7 Å². The summed E-state index contributed by atoms with van der Waals surface area (Å²) in [5.74, 6) is 0. The molecule has 0 radical (unpaired) electrons. The fourth-order valence-corrected chi connectivity index (χ4v) is 4.11. The summed E-state index contributed by atoms with van der Waals surface area (Å²) < 4.78 is 26.8. The number of rotatable bonds is 6. The summed E-state index contributed by atoms with van der Waals surface area (Å²) in [6.45, 7) is 7.51. The van der Waals surface area contributed by atoms with Crippen LogP contribution in [0, 0.1) is 29.4 Å². The molecular formula is C14H24ClN3O4S. The highest BCUT2D eigenvalue weighted by Gasteiger charge is 2.30. The highest BCUT2D eigenvalue weighted by atomic mass is 35.5. The Labute approximate surface area is 143 Å². The molecule has 9 heteroatoms. The van der Waals surface area contributed by atoms with Gasteiger partial charge >= 0.3 is 0 Å². The number of aryl methyl sites for hydroxylation is 2. The zero-order valence-electron chi connectivity index (χ0n) is 14.0. The minimum absolute atomic E-state index is 0. The summed E-state index contributed by atoms with van der Waals surface area (Å²) in [5.41, 5.74) is 5.91. The van der Waals surface area contributed by atoms with E-state index in [1.165, 1.54) is 23.5 Å². The molecule has 0 heterocycles. The van der Waals surface area contributed by atoms with Gasteiger partial charge in [0.05, 0.1) is 9.82 Å². The topological polar surface area (TPSA) is 107 Å². The molecule has 1 aromatic rings. The van der Waals surface area contributed by atoms with Gasteiger partial charge in [0.1, 0.15) is 0 Å². The summed E-state index contributed by atoms with van der Waals surface area (Å²) >= 11 is 0. The first-order valence-electron chi connectivity index (χ1n) is 6.84. The van der Waals surface area contributed by atoms with Crippen LogP contribution in [0.15, 0.2) is 17.0 Å². The highest BCUT2D eigenvalue weighted by Crippen LogP contribution is 2.29. The third-order valence-electron chi connectivity index (χ3n) is 3.53. The van der Waals surface area contributed by atoms with Crippen LogP contribution in [0.2, 0.25) is 0 Å². The van der Waals surface area contributed by atoms with Gasteiger partial charge in [-0.05, 0) is 36.9 Å². The van der Waals surface area contributed by atoms with Crippen LogP contribution >= 0.6 is 12.4 Å². The number of halogens is 1. The summed E-state index contributed by atoms with van der Waals surface area (Å²) in [4.78, 5) is 10.4. The molecule has 1 rings (SSSR count). The molecule has 0 unspecified atom stereocenters. The van der Waals surface area contributed by atoms with Crippen LogP contribution in [0.3, 0.4) is 0 Å². The predicted molar refractivity (Wildman–Crippen MR) is 92.5 cm³/mol. The van der Waals surface area contributed by atoms with Crippen molar-refractivity contribution >= 4 is 28.1 Å². The molecule has 0 aliphatic carbocycles. The van der Waals surface area contributed by atoms with Gasteiger partial charge in [0.25, 0.3) is 5.69 Å². The van der Waals surface area contributed by atoms with Gasteiger partial charge in [-0.15, -0.1) is 12.4 Å².